The Morgan fingerprint density at radius 3 is 2.10 bits per heavy atom. The second-order valence-electron chi connectivity index (χ2n) is 5.65. The van der Waals surface area contributed by atoms with E-state index in [9.17, 15) is 9.59 Å². The van der Waals surface area contributed by atoms with E-state index in [2.05, 4.69) is 31.0 Å². The van der Waals surface area contributed by atoms with Crippen LogP contribution >= 0.6 is 38.6 Å². The molecule has 0 N–H and O–H groups in total. The number of aromatic nitrogens is 4. The smallest absolute Gasteiger partial charge is 0.330 e. The Bertz CT molecular complexity index is 1060. The highest BCUT2D eigenvalue weighted by molar-refractivity contribution is 9.11. The highest BCUT2D eigenvalue weighted by atomic mass is 79.9. The van der Waals surface area contributed by atoms with Gasteiger partial charge < -0.3 is 9.47 Å². The van der Waals surface area contributed by atoms with Gasteiger partial charge in [0.25, 0.3) is 0 Å². The SMILES string of the molecule is CCOC(=O)/C=C/c1csc(-c2ccn(C)n2)n1.CCOC(=O)/C=C/c1csc(Br)n1. The van der Waals surface area contributed by atoms with Crippen LogP contribution in [0.15, 0.2) is 39.1 Å². The number of nitrogens with zero attached hydrogens (tertiary/aromatic N) is 4. The molecule has 0 bridgehead atoms. The van der Waals surface area contributed by atoms with E-state index in [4.69, 9.17) is 9.47 Å². The third-order valence-electron chi connectivity index (χ3n) is 3.30. The fraction of sp³-hybridized carbons (Fsp3) is 0.250. The average Bonchev–Trinajstić information content (AvgIpc) is 3.47. The van der Waals surface area contributed by atoms with E-state index in [-0.39, 0.29) is 11.9 Å². The van der Waals surface area contributed by atoms with Crippen LogP contribution < -0.4 is 0 Å². The Morgan fingerprint density at radius 2 is 1.61 bits per heavy atom. The number of ether oxygens (including phenoxy) is 2. The Labute approximate surface area is 196 Å². The van der Waals surface area contributed by atoms with Gasteiger partial charge in [-0.05, 0) is 48.0 Å². The molecular weight excluding hydrogens is 504 g/mol. The lowest BCUT2D eigenvalue weighted by Gasteiger charge is -1.93. The summed E-state index contributed by atoms with van der Waals surface area (Å²) < 4.78 is 12.0. The molecule has 0 aliphatic rings. The van der Waals surface area contributed by atoms with Crippen LogP contribution in [0, 0.1) is 0 Å². The quantitative estimate of drug-likeness (QED) is 0.329. The number of hydrogen-bond acceptors (Lipinski definition) is 9. The van der Waals surface area contributed by atoms with Crippen molar-refractivity contribution < 1.29 is 19.1 Å². The van der Waals surface area contributed by atoms with Gasteiger partial charge in [0.15, 0.2) is 3.92 Å². The zero-order valence-electron chi connectivity index (χ0n) is 17.1. The third kappa shape index (κ3) is 8.95. The summed E-state index contributed by atoms with van der Waals surface area (Å²) in [6.07, 6.45) is 7.87. The van der Waals surface area contributed by atoms with Gasteiger partial charge in [0.2, 0.25) is 0 Å². The Morgan fingerprint density at radius 1 is 1.03 bits per heavy atom. The molecule has 0 aromatic carbocycles. The molecule has 3 rings (SSSR count). The molecule has 0 amide bonds. The van der Waals surface area contributed by atoms with Crippen LogP contribution in [0.5, 0.6) is 0 Å². The van der Waals surface area contributed by atoms with E-state index in [1.54, 1.807) is 30.7 Å². The van der Waals surface area contributed by atoms with E-state index >= 15 is 0 Å². The standard InChI is InChI=1S/C12H13N3O2S.C8H8BrNO2S/c1-3-17-11(16)5-4-9-8-18-12(13-9)10-6-7-15(2)14-10;1-2-12-7(11)4-3-6-5-13-8(9)10-6/h4-8H,3H2,1-2H3;3-5H,2H2,1H3/b5-4+;4-3+. The monoisotopic (exact) mass is 524 g/mol. The number of carbonyl (C=O) groups is 2. The number of rotatable bonds is 7. The van der Waals surface area contributed by atoms with Crippen molar-refractivity contribution in [1.82, 2.24) is 19.7 Å². The van der Waals surface area contributed by atoms with Gasteiger partial charge in [0, 0.05) is 36.2 Å². The van der Waals surface area contributed by atoms with Crippen LogP contribution in [-0.4, -0.2) is 44.9 Å². The maximum Gasteiger partial charge on any atom is 0.330 e. The van der Waals surface area contributed by atoms with Crippen LogP contribution in [0.25, 0.3) is 22.9 Å². The van der Waals surface area contributed by atoms with E-state index in [1.165, 1.54) is 34.8 Å². The lowest BCUT2D eigenvalue weighted by molar-refractivity contribution is -0.138. The van der Waals surface area contributed by atoms with Gasteiger partial charge in [-0.1, -0.05) is 0 Å². The van der Waals surface area contributed by atoms with E-state index in [0.717, 1.165) is 26.0 Å². The number of carbonyl (C=O) groups excluding carboxylic acids is 2. The van der Waals surface area contributed by atoms with Crippen LogP contribution in [0.1, 0.15) is 25.2 Å². The first-order valence-electron chi connectivity index (χ1n) is 9.17. The van der Waals surface area contributed by atoms with Crippen molar-refractivity contribution in [3.05, 3.63) is 50.5 Å². The fourth-order valence-corrected chi connectivity index (χ4v) is 3.78. The minimum Gasteiger partial charge on any atom is -0.463 e. The molecule has 11 heteroatoms. The molecule has 0 aliphatic heterocycles. The topological polar surface area (TPSA) is 96.2 Å². The zero-order valence-corrected chi connectivity index (χ0v) is 20.4. The van der Waals surface area contributed by atoms with Gasteiger partial charge in [-0.3, -0.25) is 4.68 Å². The van der Waals surface area contributed by atoms with Crippen molar-refractivity contribution in [3.63, 3.8) is 0 Å². The maximum absolute atomic E-state index is 11.1. The van der Waals surface area contributed by atoms with Crippen molar-refractivity contribution in [2.75, 3.05) is 13.2 Å². The Kier molecular flexibility index (Phi) is 10.3. The van der Waals surface area contributed by atoms with Crippen molar-refractivity contribution in [1.29, 1.82) is 0 Å². The summed E-state index contributed by atoms with van der Waals surface area (Å²) in [7, 11) is 1.86. The molecule has 0 unspecified atom stereocenters. The predicted molar refractivity (Wildman–Crippen MR) is 125 cm³/mol. The fourth-order valence-electron chi connectivity index (χ4n) is 2.04. The molecule has 3 aromatic rings. The molecule has 0 atom stereocenters. The summed E-state index contributed by atoms with van der Waals surface area (Å²) in [5, 5.41) is 8.82. The van der Waals surface area contributed by atoms with Gasteiger partial charge >= 0.3 is 11.9 Å². The highest BCUT2D eigenvalue weighted by Gasteiger charge is 2.06. The average molecular weight is 525 g/mol. The van der Waals surface area contributed by atoms with Gasteiger partial charge in [-0.15, -0.1) is 22.7 Å². The van der Waals surface area contributed by atoms with Crippen molar-refractivity contribution in [3.8, 4) is 10.7 Å². The molecular formula is C20H21BrN4O4S2. The molecule has 3 aromatic heterocycles. The van der Waals surface area contributed by atoms with Crippen LogP contribution in [0.4, 0.5) is 0 Å². The van der Waals surface area contributed by atoms with E-state index < -0.39 is 0 Å². The molecule has 0 radical (unpaired) electrons. The lowest BCUT2D eigenvalue weighted by Crippen LogP contribution is -1.98. The van der Waals surface area contributed by atoms with Crippen LogP contribution in [0.2, 0.25) is 0 Å². The maximum atomic E-state index is 11.1. The molecule has 31 heavy (non-hydrogen) atoms. The minimum absolute atomic E-state index is 0.341. The number of halogens is 1. The predicted octanol–water partition coefficient (Wildman–Crippen LogP) is 4.60. The zero-order chi connectivity index (χ0) is 22.6. The summed E-state index contributed by atoms with van der Waals surface area (Å²) in [5.74, 6) is -0.698. The molecule has 3 heterocycles. The number of aryl methyl sites for hydroxylation is 1. The normalized spacial score (nSPS) is 10.8. The molecule has 8 nitrogen and oxygen atoms in total. The summed E-state index contributed by atoms with van der Waals surface area (Å²) in [6.45, 7) is 4.31. The lowest BCUT2D eigenvalue weighted by atomic mass is 10.4. The van der Waals surface area contributed by atoms with Crippen LogP contribution in [0.3, 0.4) is 0 Å². The summed E-state index contributed by atoms with van der Waals surface area (Å²) in [4.78, 5) is 30.5. The molecule has 0 fully saturated rings. The highest BCUT2D eigenvalue weighted by Crippen LogP contribution is 2.22. The van der Waals surface area contributed by atoms with Crippen molar-refractivity contribution in [2.45, 2.75) is 13.8 Å². The molecule has 0 spiro atoms. The summed E-state index contributed by atoms with van der Waals surface area (Å²) >= 11 is 6.19. The van der Waals surface area contributed by atoms with Gasteiger partial charge in [-0.2, -0.15) is 5.10 Å². The first kappa shape index (κ1) is 24.6. The van der Waals surface area contributed by atoms with Crippen molar-refractivity contribution in [2.24, 2.45) is 7.05 Å². The minimum atomic E-state index is -0.357. The molecule has 0 aliphatic carbocycles. The third-order valence-corrected chi connectivity index (χ3v) is 5.57. The van der Waals surface area contributed by atoms with Gasteiger partial charge in [0.05, 0.1) is 24.6 Å². The number of thiazole rings is 2. The number of esters is 2. The molecule has 164 valence electrons. The van der Waals surface area contributed by atoms with E-state index in [0.29, 0.717) is 13.2 Å². The van der Waals surface area contributed by atoms with E-state index in [1.807, 2.05) is 30.1 Å². The van der Waals surface area contributed by atoms with Crippen molar-refractivity contribution >= 4 is 62.7 Å². The number of hydrogen-bond donors (Lipinski definition) is 0. The van der Waals surface area contributed by atoms with Gasteiger partial charge in [0.1, 0.15) is 10.7 Å². The first-order chi connectivity index (χ1) is 14.9. The molecule has 0 saturated carbocycles. The molecule has 0 saturated heterocycles. The van der Waals surface area contributed by atoms with Crippen LogP contribution in [-0.2, 0) is 26.1 Å². The second kappa shape index (κ2) is 12.9. The Balaban J connectivity index is 0.000000233. The summed E-state index contributed by atoms with van der Waals surface area (Å²) in [5.41, 5.74) is 2.32. The summed E-state index contributed by atoms with van der Waals surface area (Å²) in [6, 6.07) is 1.90. The first-order valence-corrected chi connectivity index (χ1v) is 11.7. The Hall–Kier alpha value is -2.63. The second-order valence-corrected chi connectivity index (χ2v) is 8.64. The largest absolute Gasteiger partial charge is 0.463 e. The van der Waals surface area contributed by atoms with Gasteiger partial charge in [-0.25, -0.2) is 19.6 Å².